The van der Waals surface area contributed by atoms with Gasteiger partial charge in [-0.05, 0) is 47.4 Å². The maximum atomic E-state index is 12.8. The Hall–Kier alpha value is -2.96. The van der Waals surface area contributed by atoms with Crippen LogP contribution in [-0.4, -0.2) is 34.6 Å². The number of ether oxygens (including phenoxy) is 1. The highest BCUT2D eigenvalue weighted by atomic mass is 32.2. The van der Waals surface area contributed by atoms with Crippen molar-refractivity contribution in [2.75, 3.05) is 19.4 Å². The zero-order valence-corrected chi connectivity index (χ0v) is 19.3. The van der Waals surface area contributed by atoms with Crippen LogP contribution in [0.1, 0.15) is 34.8 Å². The van der Waals surface area contributed by atoms with E-state index in [4.69, 9.17) is 9.84 Å². The third-order valence-electron chi connectivity index (χ3n) is 5.13. The number of benzene rings is 3. The van der Waals surface area contributed by atoms with Crippen LogP contribution in [0, 0.1) is 0 Å². The highest BCUT2D eigenvalue weighted by Crippen LogP contribution is 2.36. The summed E-state index contributed by atoms with van der Waals surface area (Å²) >= 11 is 0. The molecule has 3 aromatic carbocycles. The molecule has 5 nitrogen and oxygen atoms in total. The predicted molar refractivity (Wildman–Crippen MR) is 128 cm³/mol. The van der Waals surface area contributed by atoms with Gasteiger partial charge in [0.15, 0.2) is 0 Å². The predicted octanol–water partition coefficient (Wildman–Crippen LogP) is 4.34. The van der Waals surface area contributed by atoms with Crippen molar-refractivity contribution >= 4 is 16.7 Å². The Kier molecular flexibility index (Phi) is 8.59. The molecule has 0 aliphatic heterocycles. The van der Waals surface area contributed by atoms with Gasteiger partial charge in [-0.1, -0.05) is 55.8 Å². The quantitative estimate of drug-likeness (QED) is 0.481. The van der Waals surface area contributed by atoms with E-state index >= 15 is 0 Å². The summed E-state index contributed by atoms with van der Waals surface area (Å²) in [7, 11) is -1.15. The number of carbonyl (C=O) groups is 1. The van der Waals surface area contributed by atoms with Gasteiger partial charge in [0, 0.05) is 39.6 Å². The Bertz CT molecular complexity index is 1080. The summed E-state index contributed by atoms with van der Waals surface area (Å²) in [4.78, 5) is 13.5. The summed E-state index contributed by atoms with van der Waals surface area (Å²) in [6.07, 6.45) is 3.21. The molecule has 0 heterocycles. The molecule has 1 amide bonds. The first-order valence-electron chi connectivity index (χ1n) is 10.7. The molecule has 0 bridgehead atoms. The molecule has 3 aromatic rings. The smallest absolute Gasteiger partial charge is 0.251 e. The minimum Gasteiger partial charge on any atom is -0.488 e. The van der Waals surface area contributed by atoms with E-state index in [0.717, 1.165) is 28.7 Å². The lowest BCUT2D eigenvalue weighted by Gasteiger charge is -2.18. The first-order chi connectivity index (χ1) is 15.5. The fraction of sp³-hybridized carbons (Fsp3) is 0.269. The SMILES string of the molecule is CCCc1c(C(=O)NCCO)cccc1-c1cc(S(C)=O)ccc1OCc1ccccc1. The molecule has 1 atom stereocenters. The van der Waals surface area contributed by atoms with Crippen LogP contribution in [0.2, 0.25) is 0 Å². The van der Waals surface area contributed by atoms with E-state index in [2.05, 4.69) is 12.2 Å². The molecule has 0 aliphatic carbocycles. The molecule has 0 radical (unpaired) electrons. The van der Waals surface area contributed by atoms with Crippen LogP contribution >= 0.6 is 0 Å². The second kappa shape index (κ2) is 11.6. The van der Waals surface area contributed by atoms with Gasteiger partial charge in [-0.3, -0.25) is 9.00 Å². The van der Waals surface area contributed by atoms with E-state index in [1.165, 1.54) is 0 Å². The van der Waals surface area contributed by atoms with Crippen molar-refractivity contribution in [1.29, 1.82) is 0 Å². The number of rotatable bonds is 10. The highest BCUT2D eigenvalue weighted by molar-refractivity contribution is 7.84. The summed E-state index contributed by atoms with van der Waals surface area (Å²) in [6, 6.07) is 21.1. The van der Waals surface area contributed by atoms with Crippen molar-refractivity contribution in [2.24, 2.45) is 0 Å². The second-order valence-corrected chi connectivity index (χ2v) is 8.83. The molecule has 1 unspecified atom stereocenters. The summed E-state index contributed by atoms with van der Waals surface area (Å²) < 4.78 is 18.4. The molecule has 2 N–H and O–H groups in total. The lowest BCUT2D eigenvalue weighted by molar-refractivity contribution is 0.0944. The summed E-state index contributed by atoms with van der Waals surface area (Å²) in [5.74, 6) is 0.458. The first kappa shape index (κ1) is 23.7. The van der Waals surface area contributed by atoms with Crippen molar-refractivity contribution in [3.8, 4) is 16.9 Å². The molecular formula is C26H29NO4S. The average molecular weight is 452 g/mol. The molecule has 32 heavy (non-hydrogen) atoms. The third kappa shape index (κ3) is 5.84. The van der Waals surface area contributed by atoms with E-state index in [0.29, 0.717) is 29.2 Å². The zero-order valence-electron chi connectivity index (χ0n) is 18.5. The highest BCUT2D eigenvalue weighted by Gasteiger charge is 2.18. The molecule has 3 rings (SSSR count). The number of nitrogens with one attached hydrogen (secondary N) is 1. The Balaban J connectivity index is 2.08. The van der Waals surface area contributed by atoms with Crippen LogP contribution in [0.25, 0.3) is 11.1 Å². The molecule has 168 valence electrons. The Morgan fingerprint density at radius 2 is 1.81 bits per heavy atom. The number of aliphatic hydroxyl groups is 1. The maximum Gasteiger partial charge on any atom is 0.251 e. The number of hydrogen-bond donors (Lipinski definition) is 2. The Labute approximate surface area is 191 Å². The first-order valence-corrected chi connectivity index (χ1v) is 12.3. The monoisotopic (exact) mass is 451 g/mol. The van der Waals surface area contributed by atoms with Crippen LogP contribution in [0.4, 0.5) is 0 Å². The topological polar surface area (TPSA) is 75.6 Å². The van der Waals surface area contributed by atoms with E-state index in [1.807, 2.05) is 60.7 Å². The fourth-order valence-electron chi connectivity index (χ4n) is 3.60. The Morgan fingerprint density at radius 3 is 2.50 bits per heavy atom. The summed E-state index contributed by atoms with van der Waals surface area (Å²) in [5.41, 5.74) is 4.24. The van der Waals surface area contributed by atoms with Crippen LogP contribution < -0.4 is 10.1 Å². The molecule has 0 saturated heterocycles. The van der Waals surface area contributed by atoms with Gasteiger partial charge in [0.05, 0.1) is 6.61 Å². The van der Waals surface area contributed by atoms with Gasteiger partial charge in [0.25, 0.3) is 5.91 Å². The molecule has 0 saturated carbocycles. The van der Waals surface area contributed by atoms with Crippen LogP contribution in [0.3, 0.4) is 0 Å². The average Bonchev–Trinajstić information content (AvgIpc) is 2.82. The van der Waals surface area contributed by atoms with Crippen molar-refractivity contribution < 1.29 is 18.8 Å². The zero-order chi connectivity index (χ0) is 22.9. The van der Waals surface area contributed by atoms with E-state index in [9.17, 15) is 9.00 Å². The molecular weight excluding hydrogens is 422 g/mol. The maximum absolute atomic E-state index is 12.8. The van der Waals surface area contributed by atoms with Gasteiger partial charge in [-0.25, -0.2) is 0 Å². The summed E-state index contributed by atoms with van der Waals surface area (Å²) in [6.45, 7) is 2.56. The van der Waals surface area contributed by atoms with Gasteiger partial charge in [-0.15, -0.1) is 0 Å². The fourth-order valence-corrected chi connectivity index (χ4v) is 4.14. The van der Waals surface area contributed by atoms with Gasteiger partial charge < -0.3 is 15.2 Å². The minimum atomic E-state index is -1.15. The van der Waals surface area contributed by atoms with Crippen molar-refractivity contribution in [3.63, 3.8) is 0 Å². The van der Waals surface area contributed by atoms with Gasteiger partial charge in [0.2, 0.25) is 0 Å². The molecule has 0 aliphatic rings. The third-order valence-corrected chi connectivity index (χ3v) is 6.05. The van der Waals surface area contributed by atoms with E-state index < -0.39 is 10.8 Å². The van der Waals surface area contributed by atoms with Crippen LogP contribution in [-0.2, 0) is 23.8 Å². The van der Waals surface area contributed by atoms with E-state index in [1.54, 1.807) is 12.3 Å². The molecule has 0 spiro atoms. The lowest BCUT2D eigenvalue weighted by atomic mass is 9.91. The standard InChI is InChI=1S/C26H29NO4S/c1-3-8-21-22(11-7-12-23(21)26(29)27-15-16-28)24-17-20(32(2)30)13-14-25(24)31-18-19-9-5-4-6-10-19/h4-7,9-14,17,28H,3,8,15-16,18H2,1-2H3,(H,27,29). The van der Waals surface area contributed by atoms with E-state index in [-0.39, 0.29) is 19.1 Å². The van der Waals surface area contributed by atoms with Crippen molar-refractivity contribution in [2.45, 2.75) is 31.3 Å². The number of hydrogen-bond acceptors (Lipinski definition) is 4. The molecule has 0 fully saturated rings. The summed E-state index contributed by atoms with van der Waals surface area (Å²) in [5, 5.41) is 11.8. The molecule has 6 heteroatoms. The number of amides is 1. The minimum absolute atomic E-state index is 0.115. The normalized spacial score (nSPS) is 11.7. The second-order valence-electron chi connectivity index (χ2n) is 7.45. The Morgan fingerprint density at radius 1 is 1.03 bits per heavy atom. The van der Waals surface area contributed by atoms with Gasteiger partial charge >= 0.3 is 0 Å². The van der Waals surface area contributed by atoms with Crippen molar-refractivity contribution in [1.82, 2.24) is 5.32 Å². The van der Waals surface area contributed by atoms with Crippen molar-refractivity contribution in [3.05, 3.63) is 83.4 Å². The molecule has 0 aromatic heterocycles. The van der Waals surface area contributed by atoms with Gasteiger partial charge in [-0.2, -0.15) is 0 Å². The van der Waals surface area contributed by atoms with Crippen LogP contribution in [0.15, 0.2) is 71.6 Å². The number of carbonyl (C=O) groups excluding carboxylic acids is 1. The van der Waals surface area contributed by atoms with Crippen LogP contribution in [0.5, 0.6) is 5.75 Å². The van der Waals surface area contributed by atoms with Gasteiger partial charge in [0.1, 0.15) is 12.4 Å². The largest absolute Gasteiger partial charge is 0.488 e. The number of aliphatic hydroxyl groups excluding tert-OH is 1. The lowest BCUT2D eigenvalue weighted by Crippen LogP contribution is -2.27.